The van der Waals surface area contributed by atoms with Crippen molar-refractivity contribution in [1.82, 2.24) is 0 Å². The van der Waals surface area contributed by atoms with E-state index in [4.69, 9.17) is 5.73 Å². The molecule has 0 saturated heterocycles. The van der Waals surface area contributed by atoms with Crippen LogP contribution < -0.4 is 5.73 Å². The van der Waals surface area contributed by atoms with Gasteiger partial charge in [-0.05, 0) is 22.9 Å². The molecule has 0 radical (unpaired) electrons. The third-order valence-corrected chi connectivity index (χ3v) is 3.52. The van der Waals surface area contributed by atoms with Gasteiger partial charge in [0.1, 0.15) is 5.82 Å². The fraction of sp³-hybridized carbons (Fsp3) is 0.333. The summed E-state index contributed by atoms with van der Waals surface area (Å²) in [4.78, 5) is 0. The predicted octanol–water partition coefficient (Wildman–Crippen LogP) is 4.02. The van der Waals surface area contributed by atoms with Crippen LogP contribution in [0.15, 0.2) is 36.4 Å². The monoisotopic (exact) mass is 231 g/mol. The molecule has 0 bridgehead atoms. The van der Waals surface area contributed by atoms with E-state index in [9.17, 15) is 4.39 Å². The van der Waals surface area contributed by atoms with Gasteiger partial charge in [0.25, 0.3) is 0 Å². The highest BCUT2D eigenvalue weighted by atomic mass is 19.1. The SMILES string of the molecule is CCC(C)C(N)c1ccc(F)c2ccccc12. The summed E-state index contributed by atoms with van der Waals surface area (Å²) < 4.78 is 13.7. The highest BCUT2D eigenvalue weighted by molar-refractivity contribution is 5.86. The molecular weight excluding hydrogens is 213 g/mol. The molecule has 0 heterocycles. The van der Waals surface area contributed by atoms with Crippen LogP contribution >= 0.6 is 0 Å². The highest BCUT2D eigenvalue weighted by Crippen LogP contribution is 2.29. The molecule has 2 atom stereocenters. The van der Waals surface area contributed by atoms with Crippen LogP contribution in [0.4, 0.5) is 4.39 Å². The molecule has 2 aromatic rings. The Kier molecular flexibility index (Phi) is 3.43. The zero-order valence-corrected chi connectivity index (χ0v) is 10.3. The molecule has 90 valence electrons. The lowest BCUT2D eigenvalue weighted by Crippen LogP contribution is -2.18. The molecule has 2 aromatic carbocycles. The number of halogens is 1. The van der Waals surface area contributed by atoms with Crippen LogP contribution in [-0.2, 0) is 0 Å². The van der Waals surface area contributed by atoms with Crippen molar-refractivity contribution in [2.45, 2.75) is 26.3 Å². The summed E-state index contributed by atoms with van der Waals surface area (Å²) in [6.07, 6.45) is 1.02. The van der Waals surface area contributed by atoms with Crippen LogP contribution in [0.3, 0.4) is 0 Å². The minimum atomic E-state index is -0.180. The fourth-order valence-corrected chi connectivity index (χ4v) is 2.14. The quantitative estimate of drug-likeness (QED) is 0.848. The largest absolute Gasteiger partial charge is 0.324 e. The maximum Gasteiger partial charge on any atom is 0.131 e. The molecule has 2 N–H and O–H groups in total. The molecule has 0 fully saturated rings. The number of hydrogen-bond donors (Lipinski definition) is 1. The Morgan fingerprint density at radius 2 is 1.76 bits per heavy atom. The molecule has 2 rings (SSSR count). The lowest BCUT2D eigenvalue weighted by Gasteiger charge is -2.20. The van der Waals surface area contributed by atoms with E-state index in [0.29, 0.717) is 11.3 Å². The molecule has 0 aliphatic heterocycles. The zero-order valence-electron chi connectivity index (χ0n) is 10.3. The van der Waals surface area contributed by atoms with E-state index in [1.807, 2.05) is 24.3 Å². The third kappa shape index (κ3) is 2.18. The molecule has 0 spiro atoms. The second-order valence-electron chi connectivity index (χ2n) is 4.59. The van der Waals surface area contributed by atoms with Gasteiger partial charge >= 0.3 is 0 Å². The number of nitrogens with two attached hydrogens (primary N) is 1. The molecule has 1 nitrogen and oxygen atoms in total. The number of fused-ring (bicyclic) bond motifs is 1. The van der Waals surface area contributed by atoms with Crippen molar-refractivity contribution in [3.8, 4) is 0 Å². The summed E-state index contributed by atoms with van der Waals surface area (Å²) in [5.74, 6) is 0.213. The minimum absolute atomic E-state index is 0.0366. The van der Waals surface area contributed by atoms with Crippen LogP contribution in [0.5, 0.6) is 0 Å². The van der Waals surface area contributed by atoms with Crippen LogP contribution in [0.2, 0.25) is 0 Å². The van der Waals surface area contributed by atoms with E-state index in [1.54, 1.807) is 6.07 Å². The van der Waals surface area contributed by atoms with Gasteiger partial charge in [0.05, 0.1) is 0 Å². The van der Waals surface area contributed by atoms with Crippen molar-refractivity contribution in [3.05, 3.63) is 47.8 Å². The third-order valence-electron chi connectivity index (χ3n) is 3.52. The van der Waals surface area contributed by atoms with E-state index in [2.05, 4.69) is 13.8 Å². The summed E-state index contributed by atoms with van der Waals surface area (Å²) in [5, 5.41) is 1.59. The number of benzene rings is 2. The van der Waals surface area contributed by atoms with Gasteiger partial charge in [-0.2, -0.15) is 0 Å². The first kappa shape index (κ1) is 12.1. The normalized spacial score (nSPS) is 14.8. The molecule has 2 unspecified atom stereocenters. The van der Waals surface area contributed by atoms with Crippen LogP contribution in [0.1, 0.15) is 31.9 Å². The molecule has 17 heavy (non-hydrogen) atoms. The smallest absolute Gasteiger partial charge is 0.131 e. The maximum absolute atomic E-state index is 13.7. The van der Waals surface area contributed by atoms with E-state index >= 15 is 0 Å². The topological polar surface area (TPSA) is 26.0 Å². The van der Waals surface area contributed by atoms with E-state index in [1.165, 1.54) is 6.07 Å². The van der Waals surface area contributed by atoms with Gasteiger partial charge in [-0.15, -0.1) is 0 Å². The highest BCUT2D eigenvalue weighted by Gasteiger charge is 2.16. The van der Waals surface area contributed by atoms with Crippen molar-refractivity contribution < 1.29 is 4.39 Å². The van der Waals surface area contributed by atoms with Crippen LogP contribution in [-0.4, -0.2) is 0 Å². The first-order chi connectivity index (χ1) is 8.15. The van der Waals surface area contributed by atoms with Crippen LogP contribution in [0, 0.1) is 11.7 Å². The van der Waals surface area contributed by atoms with Crippen LogP contribution in [0.25, 0.3) is 10.8 Å². The Balaban J connectivity index is 2.59. The standard InChI is InChI=1S/C15H18FN/c1-3-10(2)15(17)13-8-9-14(16)12-7-5-4-6-11(12)13/h4-10,15H,3,17H2,1-2H3. The van der Waals surface area contributed by atoms with E-state index in [-0.39, 0.29) is 11.9 Å². The summed E-state index contributed by atoms with van der Waals surface area (Å²) >= 11 is 0. The average Bonchev–Trinajstić information content (AvgIpc) is 2.38. The molecule has 0 aliphatic carbocycles. The Bertz CT molecular complexity index is 521. The van der Waals surface area contributed by atoms with Crippen molar-refractivity contribution in [3.63, 3.8) is 0 Å². The molecule has 0 aliphatic rings. The molecular formula is C15H18FN. The Morgan fingerprint density at radius 3 is 2.41 bits per heavy atom. The van der Waals surface area contributed by atoms with Gasteiger partial charge < -0.3 is 5.73 Å². The van der Waals surface area contributed by atoms with Crippen molar-refractivity contribution in [2.24, 2.45) is 11.7 Å². The molecule has 0 aromatic heterocycles. The molecule has 0 amide bonds. The first-order valence-corrected chi connectivity index (χ1v) is 6.08. The second-order valence-corrected chi connectivity index (χ2v) is 4.59. The van der Waals surface area contributed by atoms with Crippen molar-refractivity contribution in [1.29, 1.82) is 0 Å². The lowest BCUT2D eigenvalue weighted by molar-refractivity contribution is 0.459. The van der Waals surface area contributed by atoms with Gasteiger partial charge in [-0.25, -0.2) is 4.39 Å². The van der Waals surface area contributed by atoms with Crippen molar-refractivity contribution in [2.75, 3.05) is 0 Å². The second kappa shape index (κ2) is 4.84. The lowest BCUT2D eigenvalue weighted by atomic mass is 9.90. The van der Waals surface area contributed by atoms with Gasteiger partial charge in [0.15, 0.2) is 0 Å². The zero-order chi connectivity index (χ0) is 12.4. The summed E-state index contributed by atoms with van der Waals surface area (Å²) in [6, 6.07) is 10.8. The summed E-state index contributed by atoms with van der Waals surface area (Å²) in [5.41, 5.74) is 7.28. The van der Waals surface area contributed by atoms with E-state index in [0.717, 1.165) is 17.4 Å². The fourth-order valence-electron chi connectivity index (χ4n) is 2.14. The Morgan fingerprint density at radius 1 is 1.12 bits per heavy atom. The molecule has 2 heteroatoms. The summed E-state index contributed by atoms with van der Waals surface area (Å²) in [6.45, 7) is 4.25. The van der Waals surface area contributed by atoms with E-state index < -0.39 is 0 Å². The van der Waals surface area contributed by atoms with Gasteiger partial charge in [0.2, 0.25) is 0 Å². The van der Waals surface area contributed by atoms with Crippen molar-refractivity contribution >= 4 is 10.8 Å². The number of hydrogen-bond acceptors (Lipinski definition) is 1. The maximum atomic E-state index is 13.7. The van der Waals surface area contributed by atoms with Gasteiger partial charge in [-0.1, -0.05) is 50.6 Å². The van der Waals surface area contributed by atoms with Gasteiger partial charge in [-0.3, -0.25) is 0 Å². The first-order valence-electron chi connectivity index (χ1n) is 6.08. The van der Waals surface area contributed by atoms with Gasteiger partial charge in [0, 0.05) is 11.4 Å². The Hall–Kier alpha value is -1.41. The number of rotatable bonds is 3. The minimum Gasteiger partial charge on any atom is -0.324 e. The predicted molar refractivity (Wildman–Crippen MR) is 70.3 cm³/mol. The summed E-state index contributed by atoms with van der Waals surface area (Å²) in [7, 11) is 0. The Labute approximate surface area is 101 Å². The molecule has 0 saturated carbocycles. The average molecular weight is 231 g/mol.